The molecule has 25 heavy (non-hydrogen) atoms. The topological polar surface area (TPSA) is 55.2 Å². The third-order valence-corrected chi connectivity index (χ3v) is 4.36. The summed E-state index contributed by atoms with van der Waals surface area (Å²) in [6.07, 6.45) is 3.54. The van der Waals surface area contributed by atoms with Gasteiger partial charge in [0.2, 0.25) is 11.2 Å². The first-order valence-corrected chi connectivity index (χ1v) is 7.90. The van der Waals surface area contributed by atoms with Crippen molar-refractivity contribution in [1.29, 1.82) is 0 Å². The number of pyridine rings is 2. The van der Waals surface area contributed by atoms with Crippen molar-refractivity contribution in [2.45, 2.75) is 0 Å². The van der Waals surface area contributed by atoms with Crippen LogP contribution in [0.5, 0.6) is 11.5 Å². The van der Waals surface area contributed by atoms with E-state index in [1.54, 1.807) is 20.4 Å². The molecule has 2 aromatic carbocycles. The van der Waals surface area contributed by atoms with Gasteiger partial charge in [0.1, 0.15) is 5.39 Å². The molecule has 0 spiro atoms. The van der Waals surface area contributed by atoms with Gasteiger partial charge in [0.05, 0.1) is 25.7 Å². The third-order valence-electron chi connectivity index (χ3n) is 4.36. The zero-order valence-electron chi connectivity index (χ0n) is 13.9. The number of rotatable bonds is 3. The summed E-state index contributed by atoms with van der Waals surface area (Å²) in [6, 6.07) is 15.6. The van der Waals surface area contributed by atoms with E-state index >= 15 is 0 Å². The van der Waals surface area contributed by atoms with E-state index in [-0.39, 0.29) is 5.56 Å². The normalized spacial score (nSPS) is 11.0. The number of H-pyrrole nitrogens is 1. The highest BCUT2D eigenvalue weighted by Gasteiger charge is 2.19. The summed E-state index contributed by atoms with van der Waals surface area (Å²) in [5.74, 6) is 1.30. The standard InChI is InChI=1S/C20H16N2O3/c1-24-18-8-7-13(11-19(18)25-2)22-12-16-14(9-10-21-20(16)23)15-5-3-4-6-17(15)22/h3-12H,1-2H3/p+1. The largest absolute Gasteiger partial charge is 0.493 e. The van der Waals surface area contributed by atoms with E-state index < -0.39 is 0 Å². The summed E-state index contributed by atoms with van der Waals surface area (Å²) in [5, 5.41) is 2.58. The van der Waals surface area contributed by atoms with Crippen molar-refractivity contribution in [2.75, 3.05) is 14.2 Å². The van der Waals surface area contributed by atoms with Crippen LogP contribution in [0.3, 0.4) is 0 Å². The number of hydrogen-bond acceptors (Lipinski definition) is 3. The van der Waals surface area contributed by atoms with Crippen LogP contribution in [0.4, 0.5) is 0 Å². The lowest BCUT2D eigenvalue weighted by Gasteiger charge is -2.08. The number of nitrogens with one attached hydrogen (secondary N) is 1. The van der Waals surface area contributed by atoms with Crippen LogP contribution < -0.4 is 19.6 Å². The molecule has 4 rings (SSSR count). The monoisotopic (exact) mass is 333 g/mol. The van der Waals surface area contributed by atoms with Crippen molar-refractivity contribution < 1.29 is 14.0 Å². The Kier molecular flexibility index (Phi) is 3.61. The number of para-hydroxylation sites is 1. The van der Waals surface area contributed by atoms with Crippen LogP contribution in [0, 0.1) is 0 Å². The van der Waals surface area contributed by atoms with Crippen molar-refractivity contribution in [3.8, 4) is 17.2 Å². The van der Waals surface area contributed by atoms with Gasteiger partial charge in [-0.2, -0.15) is 4.57 Å². The zero-order chi connectivity index (χ0) is 17.4. The van der Waals surface area contributed by atoms with Gasteiger partial charge in [0.15, 0.2) is 17.7 Å². The predicted molar refractivity (Wildman–Crippen MR) is 96.7 cm³/mol. The lowest BCUT2D eigenvalue weighted by Crippen LogP contribution is -2.32. The highest BCUT2D eigenvalue weighted by atomic mass is 16.5. The molecule has 0 aliphatic rings. The molecular weight excluding hydrogens is 316 g/mol. The molecule has 5 nitrogen and oxygen atoms in total. The van der Waals surface area contributed by atoms with Gasteiger partial charge in [-0.15, -0.1) is 0 Å². The predicted octanol–water partition coefficient (Wildman–Crippen LogP) is 2.98. The molecule has 0 radical (unpaired) electrons. The lowest BCUT2D eigenvalue weighted by atomic mass is 10.1. The summed E-state index contributed by atoms with van der Waals surface area (Å²) in [6.45, 7) is 0. The van der Waals surface area contributed by atoms with Crippen LogP contribution in [-0.4, -0.2) is 19.2 Å². The maximum Gasteiger partial charge on any atom is 0.261 e. The molecular formula is C20H17N2O3+. The maximum atomic E-state index is 12.3. The minimum Gasteiger partial charge on any atom is -0.493 e. The summed E-state index contributed by atoms with van der Waals surface area (Å²) in [5.41, 5.74) is 1.78. The Morgan fingerprint density at radius 2 is 1.68 bits per heavy atom. The van der Waals surface area contributed by atoms with Crippen molar-refractivity contribution in [3.63, 3.8) is 0 Å². The first-order valence-electron chi connectivity index (χ1n) is 7.90. The first-order chi connectivity index (χ1) is 12.2. The number of nitrogens with zero attached hydrogens (tertiary/aromatic N) is 1. The van der Waals surface area contributed by atoms with Crippen molar-refractivity contribution in [2.24, 2.45) is 0 Å². The van der Waals surface area contributed by atoms with Gasteiger partial charge in [-0.1, -0.05) is 12.1 Å². The van der Waals surface area contributed by atoms with Crippen molar-refractivity contribution >= 4 is 21.7 Å². The molecule has 0 amide bonds. The van der Waals surface area contributed by atoms with Gasteiger partial charge in [-0.3, -0.25) is 4.79 Å². The van der Waals surface area contributed by atoms with Crippen molar-refractivity contribution in [3.05, 3.63) is 71.3 Å². The second-order valence-corrected chi connectivity index (χ2v) is 5.69. The summed E-state index contributed by atoms with van der Waals surface area (Å²) in [7, 11) is 3.21. The minimum atomic E-state index is -0.113. The molecule has 5 heteroatoms. The maximum absolute atomic E-state index is 12.3. The third kappa shape index (κ3) is 2.41. The van der Waals surface area contributed by atoms with Gasteiger partial charge in [-0.25, -0.2) is 0 Å². The molecule has 0 saturated heterocycles. The van der Waals surface area contributed by atoms with Crippen LogP contribution >= 0.6 is 0 Å². The Morgan fingerprint density at radius 3 is 2.48 bits per heavy atom. The van der Waals surface area contributed by atoms with Crippen LogP contribution in [-0.2, 0) is 0 Å². The number of hydrogen-bond donors (Lipinski definition) is 1. The van der Waals surface area contributed by atoms with E-state index in [1.807, 2.05) is 59.3 Å². The molecule has 0 unspecified atom stereocenters. The quantitative estimate of drug-likeness (QED) is 0.463. The van der Waals surface area contributed by atoms with Crippen LogP contribution in [0.15, 0.2) is 65.7 Å². The van der Waals surface area contributed by atoms with E-state index in [4.69, 9.17) is 9.47 Å². The molecule has 0 aliphatic carbocycles. The van der Waals surface area contributed by atoms with Gasteiger partial charge in [-0.05, 0) is 18.2 Å². The molecule has 0 saturated carbocycles. The van der Waals surface area contributed by atoms with Gasteiger partial charge in [0.25, 0.3) is 5.56 Å². The van der Waals surface area contributed by atoms with Crippen LogP contribution in [0.1, 0.15) is 0 Å². The van der Waals surface area contributed by atoms with Gasteiger partial charge >= 0.3 is 0 Å². The fraction of sp³-hybridized carbons (Fsp3) is 0.100. The Hall–Kier alpha value is -3.34. The first kappa shape index (κ1) is 15.2. The molecule has 2 heterocycles. The molecule has 0 aliphatic heterocycles. The molecule has 1 N–H and O–H groups in total. The van der Waals surface area contributed by atoms with E-state index in [0.717, 1.165) is 22.0 Å². The molecule has 124 valence electrons. The average molecular weight is 333 g/mol. The summed E-state index contributed by atoms with van der Waals surface area (Å²) >= 11 is 0. The Labute approximate surface area is 144 Å². The number of ether oxygens (including phenoxy) is 2. The smallest absolute Gasteiger partial charge is 0.261 e. The molecule has 2 aromatic heterocycles. The second kappa shape index (κ2) is 5.94. The minimum absolute atomic E-state index is 0.113. The molecule has 0 atom stereocenters. The van der Waals surface area contributed by atoms with Crippen LogP contribution in [0.25, 0.3) is 27.4 Å². The molecule has 4 aromatic rings. The highest BCUT2D eigenvalue weighted by molar-refractivity contribution is 6.03. The van der Waals surface area contributed by atoms with E-state index in [9.17, 15) is 4.79 Å². The SMILES string of the molecule is COc1ccc(-[n+]2cc3c(=O)[nH]ccc3c3ccccc32)cc1OC. The number of methoxy groups -OCH3 is 2. The summed E-state index contributed by atoms with van der Waals surface area (Å²) in [4.78, 5) is 15.1. The van der Waals surface area contributed by atoms with Gasteiger partial charge < -0.3 is 14.5 Å². The number of aromatic nitrogens is 2. The van der Waals surface area contributed by atoms with E-state index in [1.165, 1.54) is 0 Å². The zero-order valence-corrected chi connectivity index (χ0v) is 13.9. The fourth-order valence-corrected chi connectivity index (χ4v) is 3.15. The number of aromatic amines is 1. The Bertz CT molecular complexity index is 1150. The lowest BCUT2D eigenvalue weighted by molar-refractivity contribution is -0.565. The van der Waals surface area contributed by atoms with E-state index in [0.29, 0.717) is 16.9 Å². The second-order valence-electron chi connectivity index (χ2n) is 5.69. The highest BCUT2D eigenvalue weighted by Crippen LogP contribution is 2.28. The van der Waals surface area contributed by atoms with Gasteiger partial charge in [0, 0.05) is 23.7 Å². The average Bonchev–Trinajstić information content (AvgIpc) is 2.67. The summed E-state index contributed by atoms with van der Waals surface area (Å²) < 4.78 is 12.7. The van der Waals surface area contributed by atoms with Crippen LogP contribution in [0.2, 0.25) is 0 Å². The van der Waals surface area contributed by atoms with E-state index in [2.05, 4.69) is 4.98 Å². The Morgan fingerprint density at radius 1 is 0.880 bits per heavy atom. The Balaban J connectivity index is 2.10. The number of fused-ring (bicyclic) bond motifs is 3. The molecule has 0 bridgehead atoms. The fourth-order valence-electron chi connectivity index (χ4n) is 3.15. The van der Waals surface area contributed by atoms with Crippen molar-refractivity contribution in [1.82, 2.24) is 4.98 Å². The number of benzene rings is 2. The molecule has 0 fully saturated rings.